The van der Waals surface area contributed by atoms with Crippen molar-refractivity contribution in [1.29, 1.82) is 0 Å². The standard InChI is InChI=1S/C16H17N3OS/c17-8-12-6-11-7-13(11)19(12)16(20)14-15(21-9-18-14)10-4-2-1-3-5-10/h1-5,9,11-13H,6-8,17H2. The maximum atomic E-state index is 12.9. The summed E-state index contributed by atoms with van der Waals surface area (Å²) in [6.07, 6.45) is 2.19. The second-order valence-electron chi connectivity index (χ2n) is 5.80. The van der Waals surface area contributed by atoms with Crippen molar-refractivity contribution in [3.8, 4) is 10.4 Å². The monoisotopic (exact) mass is 299 g/mol. The Hall–Kier alpha value is -1.72. The highest BCUT2D eigenvalue weighted by Crippen LogP contribution is 2.48. The summed E-state index contributed by atoms with van der Waals surface area (Å²) < 4.78 is 0. The number of thiazole rings is 1. The zero-order chi connectivity index (χ0) is 14.4. The summed E-state index contributed by atoms with van der Waals surface area (Å²) in [6, 6.07) is 10.6. The number of carbonyl (C=O) groups excluding carboxylic acids is 1. The van der Waals surface area contributed by atoms with E-state index in [1.807, 2.05) is 35.2 Å². The van der Waals surface area contributed by atoms with Gasteiger partial charge in [-0.25, -0.2) is 4.98 Å². The number of likely N-dealkylation sites (tertiary alicyclic amines) is 1. The Bertz CT molecular complexity index is 669. The molecule has 1 aliphatic carbocycles. The Morgan fingerprint density at radius 3 is 2.90 bits per heavy atom. The van der Waals surface area contributed by atoms with E-state index in [0.29, 0.717) is 24.2 Å². The summed E-state index contributed by atoms with van der Waals surface area (Å²) in [7, 11) is 0. The first-order valence-corrected chi connectivity index (χ1v) is 8.19. The number of fused-ring (bicyclic) bond motifs is 1. The molecule has 3 unspecified atom stereocenters. The van der Waals surface area contributed by atoms with Crippen molar-refractivity contribution in [2.24, 2.45) is 11.7 Å². The van der Waals surface area contributed by atoms with Crippen LogP contribution in [0.15, 0.2) is 35.8 Å². The fourth-order valence-corrected chi connectivity index (χ4v) is 4.19. The van der Waals surface area contributed by atoms with Crippen molar-refractivity contribution in [3.05, 3.63) is 41.5 Å². The van der Waals surface area contributed by atoms with Gasteiger partial charge in [-0.3, -0.25) is 4.79 Å². The van der Waals surface area contributed by atoms with Crippen molar-refractivity contribution in [1.82, 2.24) is 9.88 Å². The largest absolute Gasteiger partial charge is 0.330 e. The average Bonchev–Trinajstić information content (AvgIpc) is 2.99. The number of carbonyl (C=O) groups is 1. The van der Waals surface area contributed by atoms with Crippen molar-refractivity contribution in [3.63, 3.8) is 0 Å². The number of aromatic nitrogens is 1. The molecule has 3 atom stereocenters. The Balaban J connectivity index is 1.68. The van der Waals surface area contributed by atoms with Crippen LogP contribution in [0.1, 0.15) is 23.3 Å². The van der Waals surface area contributed by atoms with Gasteiger partial charge < -0.3 is 10.6 Å². The predicted molar refractivity (Wildman–Crippen MR) is 83.1 cm³/mol. The van der Waals surface area contributed by atoms with Crippen molar-refractivity contribution < 1.29 is 4.79 Å². The molecule has 2 aliphatic rings. The molecule has 1 aliphatic heterocycles. The topological polar surface area (TPSA) is 59.2 Å². The molecule has 0 radical (unpaired) electrons. The van der Waals surface area contributed by atoms with Crippen LogP contribution in [0.5, 0.6) is 0 Å². The molecule has 2 N–H and O–H groups in total. The Labute approximate surface area is 127 Å². The van der Waals surface area contributed by atoms with Crippen LogP contribution in [0.2, 0.25) is 0 Å². The summed E-state index contributed by atoms with van der Waals surface area (Å²) in [4.78, 5) is 20.2. The summed E-state index contributed by atoms with van der Waals surface area (Å²) in [6.45, 7) is 0.545. The third-order valence-corrected chi connectivity index (χ3v) is 5.40. The molecule has 4 rings (SSSR count). The van der Waals surface area contributed by atoms with Crippen LogP contribution in [-0.4, -0.2) is 34.4 Å². The van der Waals surface area contributed by atoms with Crippen LogP contribution in [0.25, 0.3) is 10.4 Å². The Morgan fingerprint density at radius 1 is 1.33 bits per heavy atom. The summed E-state index contributed by atoms with van der Waals surface area (Å²) in [5.41, 5.74) is 9.23. The van der Waals surface area contributed by atoms with Crippen LogP contribution in [-0.2, 0) is 0 Å². The Kier molecular flexibility index (Phi) is 3.05. The highest BCUT2D eigenvalue weighted by molar-refractivity contribution is 7.13. The first-order chi connectivity index (χ1) is 10.3. The maximum absolute atomic E-state index is 12.9. The van der Waals surface area contributed by atoms with Gasteiger partial charge in [-0.2, -0.15) is 0 Å². The van der Waals surface area contributed by atoms with E-state index in [1.54, 1.807) is 5.51 Å². The molecular formula is C16H17N3OS. The molecule has 1 aromatic heterocycles. The fraction of sp³-hybridized carbons (Fsp3) is 0.375. The molecule has 5 heteroatoms. The summed E-state index contributed by atoms with van der Waals surface area (Å²) >= 11 is 1.52. The normalized spacial score (nSPS) is 26.7. The minimum Gasteiger partial charge on any atom is -0.330 e. The lowest BCUT2D eigenvalue weighted by Gasteiger charge is -2.26. The second kappa shape index (κ2) is 4.93. The third kappa shape index (κ3) is 2.08. The van der Waals surface area contributed by atoms with Crippen LogP contribution in [0.3, 0.4) is 0 Å². The molecule has 2 aromatic rings. The number of nitrogens with zero attached hydrogens (tertiary/aromatic N) is 2. The van der Waals surface area contributed by atoms with E-state index < -0.39 is 0 Å². The molecule has 4 nitrogen and oxygen atoms in total. The molecule has 1 saturated heterocycles. The van der Waals surface area contributed by atoms with Crippen LogP contribution < -0.4 is 5.73 Å². The van der Waals surface area contributed by atoms with E-state index in [0.717, 1.165) is 23.3 Å². The van der Waals surface area contributed by atoms with Gasteiger partial charge in [0.15, 0.2) is 0 Å². The number of hydrogen-bond acceptors (Lipinski definition) is 4. The van der Waals surface area contributed by atoms with Crippen molar-refractivity contribution >= 4 is 17.2 Å². The van der Waals surface area contributed by atoms with Crippen LogP contribution >= 0.6 is 11.3 Å². The SMILES string of the molecule is NCC1CC2CC2N1C(=O)c1ncsc1-c1ccccc1. The van der Waals surface area contributed by atoms with E-state index >= 15 is 0 Å². The smallest absolute Gasteiger partial charge is 0.274 e. The van der Waals surface area contributed by atoms with Gasteiger partial charge in [-0.15, -0.1) is 11.3 Å². The van der Waals surface area contributed by atoms with Crippen LogP contribution in [0, 0.1) is 5.92 Å². The first-order valence-electron chi connectivity index (χ1n) is 7.31. The average molecular weight is 299 g/mol. The van der Waals surface area contributed by atoms with Gasteiger partial charge in [-0.1, -0.05) is 30.3 Å². The van der Waals surface area contributed by atoms with E-state index in [1.165, 1.54) is 11.3 Å². The quantitative estimate of drug-likeness (QED) is 0.946. The Morgan fingerprint density at radius 2 is 2.14 bits per heavy atom. The molecule has 108 valence electrons. The number of benzene rings is 1. The van der Waals surface area contributed by atoms with E-state index in [4.69, 9.17) is 5.73 Å². The number of amides is 1. The maximum Gasteiger partial charge on any atom is 0.274 e. The minimum atomic E-state index is 0.0514. The minimum absolute atomic E-state index is 0.0514. The molecule has 21 heavy (non-hydrogen) atoms. The number of nitrogens with two attached hydrogens (primary N) is 1. The molecule has 0 spiro atoms. The molecular weight excluding hydrogens is 282 g/mol. The van der Waals surface area contributed by atoms with E-state index in [9.17, 15) is 4.79 Å². The summed E-state index contributed by atoms with van der Waals surface area (Å²) in [5, 5.41) is 0. The molecule has 1 amide bonds. The van der Waals surface area contributed by atoms with Crippen LogP contribution in [0.4, 0.5) is 0 Å². The molecule has 1 aromatic carbocycles. The van der Waals surface area contributed by atoms with Gasteiger partial charge in [0.1, 0.15) is 5.69 Å². The number of rotatable bonds is 3. The molecule has 1 saturated carbocycles. The van der Waals surface area contributed by atoms with Crippen molar-refractivity contribution in [2.75, 3.05) is 6.54 Å². The lowest BCUT2D eigenvalue weighted by atomic mass is 10.1. The highest BCUT2D eigenvalue weighted by atomic mass is 32.1. The zero-order valence-electron chi connectivity index (χ0n) is 11.6. The van der Waals surface area contributed by atoms with Gasteiger partial charge in [0.2, 0.25) is 0 Å². The van der Waals surface area contributed by atoms with E-state index in [2.05, 4.69) is 4.98 Å². The molecule has 2 fully saturated rings. The number of hydrogen-bond donors (Lipinski definition) is 1. The van der Waals surface area contributed by atoms with Gasteiger partial charge in [-0.05, 0) is 24.3 Å². The van der Waals surface area contributed by atoms with Gasteiger partial charge in [0, 0.05) is 18.6 Å². The predicted octanol–water partition coefficient (Wildman–Crippen LogP) is 2.37. The van der Waals surface area contributed by atoms with Gasteiger partial charge >= 0.3 is 0 Å². The lowest BCUT2D eigenvalue weighted by Crippen LogP contribution is -2.42. The second-order valence-corrected chi connectivity index (χ2v) is 6.65. The molecule has 0 bridgehead atoms. The zero-order valence-corrected chi connectivity index (χ0v) is 12.4. The van der Waals surface area contributed by atoms with Crippen molar-refractivity contribution in [2.45, 2.75) is 24.9 Å². The molecule has 2 heterocycles. The third-order valence-electron chi connectivity index (χ3n) is 4.52. The fourth-order valence-electron chi connectivity index (χ4n) is 3.40. The highest BCUT2D eigenvalue weighted by Gasteiger charge is 2.53. The van der Waals surface area contributed by atoms with Gasteiger partial charge in [0.05, 0.1) is 10.4 Å². The van der Waals surface area contributed by atoms with E-state index in [-0.39, 0.29) is 11.9 Å². The van der Waals surface area contributed by atoms with Gasteiger partial charge in [0.25, 0.3) is 5.91 Å². The number of piperidine rings is 1. The summed E-state index contributed by atoms with van der Waals surface area (Å²) in [5.74, 6) is 0.719. The first kappa shape index (κ1) is 13.0. The lowest BCUT2D eigenvalue weighted by molar-refractivity contribution is 0.0701.